The van der Waals surface area contributed by atoms with Crippen LogP contribution in [0.25, 0.3) is 0 Å². The summed E-state index contributed by atoms with van der Waals surface area (Å²) in [5.74, 6) is -0.523. The van der Waals surface area contributed by atoms with Gasteiger partial charge in [-0.2, -0.15) is 0 Å². The van der Waals surface area contributed by atoms with E-state index in [0.717, 1.165) is 64.2 Å². The zero-order valence-electron chi connectivity index (χ0n) is 58.0. The third-order valence-electron chi connectivity index (χ3n) is 17.0. The van der Waals surface area contributed by atoms with Gasteiger partial charge in [0.1, 0.15) is 19.3 Å². The minimum atomic E-state index is -4.70. The van der Waals surface area contributed by atoms with Gasteiger partial charge in [-0.25, -0.2) is 0 Å². The van der Waals surface area contributed by atoms with Crippen molar-refractivity contribution in [3.8, 4) is 0 Å². The standard InChI is InChI=1S/C76H145N2O7P/c1-7-10-13-16-19-22-25-28-30-32-34-36-38-39-41-43-45-47-49-51-54-57-60-63-66-69-76(80)85-74(67-64-61-58-55-52-27-24-21-18-15-12-9-3)73(72-84-86(81,82)83-71-70-78(4,5)6)77-75(79)68-65-62-59-56-53-50-48-46-44-42-40-37-35-33-31-29-26-23-20-17-14-11-8-2/h20,23,28-31,64,67,73-74H,7-19,21-22,24-27,32-63,65-66,68-72H2,1-6H3,(H-,77,79,81,82)/b23-20-,30-28+,31-29-,67-64+. The second-order valence-corrected chi connectivity index (χ2v) is 28.2. The van der Waals surface area contributed by atoms with E-state index in [1.165, 1.54) is 276 Å². The Labute approximate surface area is 535 Å². The van der Waals surface area contributed by atoms with Crippen molar-refractivity contribution in [1.82, 2.24) is 5.32 Å². The number of quaternary nitrogens is 1. The summed E-state index contributed by atoms with van der Waals surface area (Å²) in [7, 11) is 1.20. The van der Waals surface area contributed by atoms with E-state index in [1.54, 1.807) is 0 Å². The minimum absolute atomic E-state index is 0.0206. The molecule has 86 heavy (non-hydrogen) atoms. The molecule has 10 heteroatoms. The Balaban J connectivity index is 4.98. The predicted molar refractivity (Wildman–Crippen MR) is 372 cm³/mol. The first kappa shape index (κ1) is 84.0. The van der Waals surface area contributed by atoms with Crippen LogP contribution >= 0.6 is 7.82 Å². The van der Waals surface area contributed by atoms with E-state index in [4.69, 9.17) is 13.8 Å². The van der Waals surface area contributed by atoms with Crippen LogP contribution in [-0.4, -0.2) is 69.4 Å². The van der Waals surface area contributed by atoms with E-state index in [1.807, 2.05) is 33.3 Å². The Hall–Kier alpha value is -2.03. The molecule has 0 fully saturated rings. The Bertz CT molecular complexity index is 1610. The number of unbranched alkanes of at least 4 members (excludes halogenated alkanes) is 47. The van der Waals surface area contributed by atoms with Crippen molar-refractivity contribution in [3.63, 3.8) is 0 Å². The van der Waals surface area contributed by atoms with E-state index >= 15 is 0 Å². The molecular formula is C76H145N2O7P. The lowest BCUT2D eigenvalue weighted by Gasteiger charge is -2.30. The van der Waals surface area contributed by atoms with Crippen LogP contribution in [0.2, 0.25) is 0 Å². The summed E-state index contributed by atoms with van der Waals surface area (Å²) >= 11 is 0. The highest BCUT2D eigenvalue weighted by molar-refractivity contribution is 7.45. The van der Waals surface area contributed by atoms with E-state index < -0.39 is 20.0 Å². The van der Waals surface area contributed by atoms with Crippen LogP contribution in [0.4, 0.5) is 0 Å². The lowest BCUT2D eigenvalue weighted by Crippen LogP contribution is -2.47. The molecule has 3 atom stereocenters. The Morgan fingerprint density at radius 3 is 1.08 bits per heavy atom. The number of allylic oxidation sites excluding steroid dienone is 7. The van der Waals surface area contributed by atoms with Gasteiger partial charge in [0.2, 0.25) is 5.91 Å². The van der Waals surface area contributed by atoms with Gasteiger partial charge in [0, 0.05) is 12.8 Å². The third-order valence-corrected chi connectivity index (χ3v) is 17.9. The average Bonchev–Trinajstić information content (AvgIpc) is 3.66. The number of phosphoric ester groups is 1. The van der Waals surface area contributed by atoms with Gasteiger partial charge in [0.05, 0.1) is 33.8 Å². The normalized spacial score (nSPS) is 13.7. The topological polar surface area (TPSA) is 114 Å². The maximum absolute atomic E-state index is 13.6. The molecule has 1 amide bonds. The Morgan fingerprint density at radius 1 is 0.407 bits per heavy atom. The number of hydrogen-bond acceptors (Lipinski definition) is 7. The smallest absolute Gasteiger partial charge is 0.306 e. The maximum Gasteiger partial charge on any atom is 0.306 e. The van der Waals surface area contributed by atoms with Crippen LogP contribution in [0.5, 0.6) is 0 Å². The number of carbonyl (C=O) groups is 2. The molecule has 506 valence electrons. The first-order valence-electron chi connectivity index (χ1n) is 37.4. The molecule has 0 radical (unpaired) electrons. The molecule has 0 bridgehead atoms. The average molecular weight is 1230 g/mol. The number of ether oxygens (including phenoxy) is 1. The number of esters is 1. The van der Waals surface area contributed by atoms with Gasteiger partial charge in [-0.05, 0) is 89.5 Å². The van der Waals surface area contributed by atoms with E-state index in [0.29, 0.717) is 17.4 Å². The molecule has 0 aromatic rings. The van der Waals surface area contributed by atoms with Crippen molar-refractivity contribution in [3.05, 3.63) is 48.6 Å². The van der Waals surface area contributed by atoms with Crippen LogP contribution < -0.4 is 10.2 Å². The summed E-state index contributed by atoms with van der Waals surface area (Å²) in [4.78, 5) is 40.2. The fraction of sp³-hybridized carbons (Fsp3) is 0.868. The van der Waals surface area contributed by atoms with Gasteiger partial charge < -0.3 is 28.5 Å². The Morgan fingerprint density at radius 2 is 0.709 bits per heavy atom. The number of nitrogens with zero attached hydrogens (tertiary/aromatic N) is 1. The molecule has 0 aromatic heterocycles. The lowest BCUT2D eigenvalue weighted by atomic mass is 10.0. The molecule has 0 heterocycles. The first-order valence-corrected chi connectivity index (χ1v) is 38.9. The fourth-order valence-corrected chi connectivity index (χ4v) is 11.9. The van der Waals surface area contributed by atoms with Crippen molar-refractivity contribution in [2.75, 3.05) is 40.9 Å². The van der Waals surface area contributed by atoms with Gasteiger partial charge in [-0.15, -0.1) is 0 Å². The van der Waals surface area contributed by atoms with Gasteiger partial charge in [-0.1, -0.05) is 320 Å². The summed E-state index contributed by atoms with van der Waals surface area (Å²) in [6, 6.07) is -0.888. The van der Waals surface area contributed by atoms with Crippen molar-refractivity contribution < 1.29 is 37.3 Å². The predicted octanol–water partition coefficient (Wildman–Crippen LogP) is 23.3. The summed E-state index contributed by atoms with van der Waals surface area (Å²) in [6.07, 6.45) is 83.8. The first-order chi connectivity index (χ1) is 41.9. The van der Waals surface area contributed by atoms with Crippen molar-refractivity contribution >= 4 is 19.7 Å². The summed E-state index contributed by atoms with van der Waals surface area (Å²) in [5, 5.41) is 3.05. The highest BCUT2D eigenvalue weighted by Crippen LogP contribution is 2.38. The number of phosphoric acid groups is 1. The number of hydrogen-bond donors (Lipinski definition) is 1. The van der Waals surface area contributed by atoms with Crippen LogP contribution in [0, 0.1) is 0 Å². The second-order valence-electron chi connectivity index (χ2n) is 26.8. The van der Waals surface area contributed by atoms with Crippen molar-refractivity contribution in [2.45, 2.75) is 386 Å². The van der Waals surface area contributed by atoms with E-state index in [2.05, 4.69) is 62.5 Å². The number of nitrogens with one attached hydrogen (secondary N) is 1. The molecule has 0 saturated carbocycles. The monoisotopic (exact) mass is 1230 g/mol. The number of likely N-dealkylation sites (N-methyl/N-ethyl adjacent to an activating group) is 1. The lowest BCUT2D eigenvalue weighted by molar-refractivity contribution is -0.870. The molecule has 0 aliphatic heterocycles. The van der Waals surface area contributed by atoms with Crippen LogP contribution in [-0.2, 0) is 27.9 Å². The number of rotatable bonds is 69. The zero-order chi connectivity index (χ0) is 62.8. The maximum atomic E-state index is 13.6. The van der Waals surface area contributed by atoms with E-state index in [9.17, 15) is 19.0 Å². The quantitative estimate of drug-likeness (QED) is 0.0212. The van der Waals surface area contributed by atoms with Crippen molar-refractivity contribution in [1.29, 1.82) is 0 Å². The van der Waals surface area contributed by atoms with Crippen LogP contribution in [0.15, 0.2) is 48.6 Å². The third kappa shape index (κ3) is 66.4. The molecule has 0 saturated heterocycles. The van der Waals surface area contributed by atoms with Gasteiger partial charge in [0.15, 0.2) is 0 Å². The summed E-state index contributed by atoms with van der Waals surface area (Å²) in [6.45, 7) is 6.87. The fourth-order valence-electron chi connectivity index (χ4n) is 11.2. The molecule has 3 unspecified atom stereocenters. The highest BCUT2D eigenvalue weighted by Gasteiger charge is 2.27. The van der Waals surface area contributed by atoms with Gasteiger partial charge in [0.25, 0.3) is 7.82 Å². The van der Waals surface area contributed by atoms with E-state index in [-0.39, 0.29) is 31.5 Å². The molecule has 0 aromatic carbocycles. The largest absolute Gasteiger partial charge is 0.756 e. The van der Waals surface area contributed by atoms with Crippen LogP contribution in [0.1, 0.15) is 374 Å². The minimum Gasteiger partial charge on any atom is -0.756 e. The molecule has 0 spiro atoms. The molecule has 0 rings (SSSR count). The van der Waals surface area contributed by atoms with Crippen molar-refractivity contribution in [2.24, 2.45) is 0 Å². The molecule has 0 aliphatic carbocycles. The Kier molecular flexibility index (Phi) is 64.4. The molecular weight excluding hydrogens is 1080 g/mol. The number of amides is 1. The van der Waals surface area contributed by atoms with Gasteiger partial charge in [-0.3, -0.25) is 14.2 Å². The molecule has 0 aliphatic rings. The SMILES string of the molecule is CCCCC/C=C\C/C=C\CCCCCCCCCCCCCCCC(=O)NC(COP(=O)([O-])OCC[N+](C)(C)C)C(/C=C/CCCCCCCCCCCC)OC(=O)CCCCCCCCCCCCCCCCC/C=C/CCCCCCCC. The summed E-state index contributed by atoms with van der Waals surface area (Å²) < 4.78 is 30.5. The second kappa shape index (κ2) is 65.9. The molecule has 9 nitrogen and oxygen atoms in total. The molecule has 1 N–H and O–H groups in total. The summed E-state index contributed by atoms with van der Waals surface area (Å²) in [5.41, 5.74) is 0. The zero-order valence-corrected chi connectivity index (χ0v) is 58.9. The van der Waals surface area contributed by atoms with Gasteiger partial charge >= 0.3 is 5.97 Å². The number of carbonyl (C=O) groups excluding carboxylic acids is 2. The highest BCUT2D eigenvalue weighted by atomic mass is 31.2. The van der Waals surface area contributed by atoms with Crippen LogP contribution in [0.3, 0.4) is 0 Å².